The second-order valence-electron chi connectivity index (χ2n) is 11.9. The second-order valence-corrected chi connectivity index (χ2v) is 12.2. The molecule has 12 heteroatoms. The van der Waals surface area contributed by atoms with Crippen molar-refractivity contribution in [3.63, 3.8) is 0 Å². The van der Waals surface area contributed by atoms with Gasteiger partial charge in [-0.15, -0.1) is 0 Å². The average Bonchev–Trinajstić information content (AvgIpc) is 3.48. The average molecular weight is 647 g/mol. The van der Waals surface area contributed by atoms with Crippen LogP contribution in [0.25, 0.3) is 16.8 Å². The molecule has 6 rings (SSSR count). The lowest BCUT2D eigenvalue weighted by atomic mass is 9.88. The first-order valence-electron chi connectivity index (χ1n) is 15.4. The van der Waals surface area contributed by atoms with Gasteiger partial charge >= 0.3 is 0 Å². The van der Waals surface area contributed by atoms with Crippen molar-refractivity contribution in [1.82, 2.24) is 29.9 Å². The molecular formula is C34H36ClFN6O4. The first-order chi connectivity index (χ1) is 22.1. The molecule has 1 fully saturated rings. The molecule has 46 heavy (non-hydrogen) atoms. The molecule has 0 spiro atoms. The summed E-state index contributed by atoms with van der Waals surface area (Å²) >= 11 is 7.02. The number of hydrogen-bond acceptors (Lipinski definition) is 7. The number of benzene rings is 1. The van der Waals surface area contributed by atoms with E-state index in [2.05, 4.69) is 15.3 Å². The van der Waals surface area contributed by atoms with Crippen LogP contribution in [0.1, 0.15) is 66.2 Å². The number of rotatable bonds is 6. The molecule has 240 valence electrons. The molecule has 2 aromatic heterocycles. The summed E-state index contributed by atoms with van der Waals surface area (Å²) in [5, 5.41) is 6.92. The number of hydrogen-bond donors (Lipinski definition) is 1. The number of nitrogens with one attached hydrogen (secondary N) is 1. The molecule has 3 heterocycles. The van der Waals surface area contributed by atoms with Crippen molar-refractivity contribution in [1.29, 1.82) is 0 Å². The van der Waals surface area contributed by atoms with Crippen LogP contribution in [0.2, 0.25) is 5.02 Å². The number of aromatic nitrogens is 3. The van der Waals surface area contributed by atoms with E-state index in [1.54, 1.807) is 27.0 Å². The smallest absolute Gasteiger partial charge is 0.279 e. The minimum absolute atomic E-state index is 0.0401. The number of pyridine rings is 1. The van der Waals surface area contributed by atoms with Crippen molar-refractivity contribution in [2.24, 2.45) is 7.05 Å². The molecule has 1 N–H and O–H groups in total. The largest absolute Gasteiger partial charge is 0.481 e. The highest BCUT2D eigenvalue weighted by atomic mass is 35.5. The maximum atomic E-state index is 15.6. The van der Waals surface area contributed by atoms with Crippen molar-refractivity contribution in [2.45, 2.75) is 45.6 Å². The molecule has 1 saturated heterocycles. The van der Waals surface area contributed by atoms with Crippen molar-refractivity contribution < 1.29 is 18.7 Å². The van der Waals surface area contributed by atoms with Gasteiger partial charge in [0.15, 0.2) is 0 Å². The van der Waals surface area contributed by atoms with E-state index in [1.165, 1.54) is 25.4 Å². The molecule has 0 radical (unpaired) electrons. The third kappa shape index (κ3) is 5.73. The summed E-state index contributed by atoms with van der Waals surface area (Å²) in [5.41, 5.74) is 4.89. The quantitative estimate of drug-likeness (QED) is 0.414. The van der Waals surface area contributed by atoms with Crippen LogP contribution in [-0.4, -0.2) is 69.7 Å². The molecule has 1 aromatic carbocycles. The third-order valence-corrected chi connectivity index (χ3v) is 9.68. The highest BCUT2D eigenvalue weighted by Gasteiger charge is 2.35. The minimum atomic E-state index is -0.566. The molecule has 2 amide bonds. The van der Waals surface area contributed by atoms with Gasteiger partial charge in [-0.25, -0.2) is 14.1 Å². The molecule has 1 aliphatic heterocycles. The molecule has 0 bridgehead atoms. The van der Waals surface area contributed by atoms with Gasteiger partial charge in [0.1, 0.15) is 11.4 Å². The number of fused-ring (bicyclic) bond motifs is 1. The van der Waals surface area contributed by atoms with E-state index in [9.17, 15) is 14.4 Å². The van der Waals surface area contributed by atoms with Gasteiger partial charge in [0.05, 0.1) is 17.8 Å². The van der Waals surface area contributed by atoms with E-state index in [0.717, 1.165) is 41.7 Å². The van der Waals surface area contributed by atoms with Gasteiger partial charge in [0.25, 0.3) is 11.5 Å². The Bertz CT molecular complexity index is 1860. The van der Waals surface area contributed by atoms with Crippen LogP contribution in [0.5, 0.6) is 5.88 Å². The number of carbonyl (C=O) groups excluding carboxylic acids is 2. The highest BCUT2D eigenvalue weighted by molar-refractivity contribution is 6.35. The molecular weight excluding hydrogens is 611 g/mol. The number of allylic oxidation sites excluding steroid dienone is 3. The van der Waals surface area contributed by atoms with Crippen molar-refractivity contribution in [3.05, 3.63) is 91.3 Å². The fraction of sp³-hybridized carbons (Fsp3) is 0.382. The number of methoxy groups -OCH3 is 1. The van der Waals surface area contributed by atoms with Crippen molar-refractivity contribution in [2.75, 3.05) is 33.3 Å². The fourth-order valence-electron chi connectivity index (χ4n) is 6.81. The second kappa shape index (κ2) is 12.8. The number of ether oxygens (including phenoxy) is 1. The van der Waals surface area contributed by atoms with Crippen molar-refractivity contribution >= 4 is 29.0 Å². The Labute approximate surface area is 271 Å². The molecule has 0 saturated carbocycles. The third-order valence-electron chi connectivity index (χ3n) is 9.29. The first-order valence-corrected chi connectivity index (χ1v) is 15.8. The van der Waals surface area contributed by atoms with Gasteiger partial charge in [-0.05, 0) is 73.6 Å². The van der Waals surface area contributed by atoms with Gasteiger partial charge in [0.2, 0.25) is 11.8 Å². The summed E-state index contributed by atoms with van der Waals surface area (Å²) in [6.07, 6.45) is 6.06. The summed E-state index contributed by atoms with van der Waals surface area (Å²) in [4.78, 5) is 46.4. The Balaban J connectivity index is 1.32. The summed E-state index contributed by atoms with van der Waals surface area (Å²) in [7, 11) is 3.08. The summed E-state index contributed by atoms with van der Waals surface area (Å²) in [5.74, 6) is -0.423. The van der Waals surface area contributed by atoms with Gasteiger partial charge in [0, 0.05) is 74.8 Å². The zero-order valence-corrected chi connectivity index (χ0v) is 27.1. The summed E-state index contributed by atoms with van der Waals surface area (Å²) in [6.45, 7) is 6.37. The van der Waals surface area contributed by atoms with E-state index in [-0.39, 0.29) is 28.1 Å². The first kappa shape index (κ1) is 31.6. The number of carbonyl (C=O) groups is 2. The Kier molecular flexibility index (Phi) is 8.80. The zero-order valence-electron chi connectivity index (χ0n) is 26.3. The normalized spacial score (nSPS) is 18.3. The Morgan fingerprint density at radius 2 is 1.89 bits per heavy atom. The summed E-state index contributed by atoms with van der Waals surface area (Å²) < 4.78 is 22.5. The van der Waals surface area contributed by atoms with E-state index in [4.69, 9.17) is 21.3 Å². The predicted molar refractivity (Wildman–Crippen MR) is 173 cm³/mol. The lowest BCUT2D eigenvalue weighted by Crippen LogP contribution is -2.48. The van der Waals surface area contributed by atoms with Crippen LogP contribution in [0.3, 0.4) is 0 Å². The lowest BCUT2D eigenvalue weighted by molar-refractivity contribution is -0.130. The fourth-order valence-corrected chi connectivity index (χ4v) is 7.17. The Hall–Kier alpha value is -4.35. The predicted octanol–water partition coefficient (Wildman–Crippen LogP) is 4.68. The van der Waals surface area contributed by atoms with E-state index in [1.807, 2.05) is 17.0 Å². The number of piperazine rings is 1. The number of amides is 2. The maximum absolute atomic E-state index is 15.6. The molecule has 1 atom stereocenters. The topological polar surface area (TPSA) is 110 Å². The Morgan fingerprint density at radius 3 is 2.61 bits per heavy atom. The van der Waals surface area contributed by atoms with Crippen molar-refractivity contribution in [3.8, 4) is 17.1 Å². The van der Waals surface area contributed by atoms with Crippen LogP contribution in [0.4, 0.5) is 4.39 Å². The summed E-state index contributed by atoms with van der Waals surface area (Å²) in [6, 6.07) is 6.57. The minimum Gasteiger partial charge on any atom is -0.481 e. The number of halogens is 2. The van der Waals surface area contributed by atoms with Crippen LogP contribution >= 0.6 is 11.6 Å². The van der Waals surface area contributed by atoms with Gasteiger partial charge in [-0.2, -0.15) is 5.10 Å². The number of aryl methyl sites for hydroxylation is 2. The standard InChI is InChI=1S/C34H36ClFN6O4/c1-19-22(6-5-7-26(19)38-32(44)24-12-13-37-40(3)34(24)45)30-25(36)10-9-23(31(30)35)27-18-21-8-11-28(29(21)33(39-27)46-4)42-16-14-41(15-17-42)20(2)43/h7,9-10,12-13,18,28H,5-6,8,11,14-17H2,1-4H3,(H,38,44)/t28-/m0/s1. The number of nitrogens with zero attached hydrogens (tertiary/aromatic N) is 5. The van der Waals surface area contributed by atoms with E-state index >= 15 is 4.39 Å². The van der Waals surface area contributed by atoms with Crippen LogP contribution < -0.4 is 15.6 Å². The maximum Gasteiger partial charge on any atom is 0.279 e. The van der Waals surface area contributed by atoms with Gasteiger partial charge < -0.3 is 15.0 Å². The molecule has 0 unspecified atom stereocenters. The van der Waals surface area contributed by atoms with Crippen LogP contribution in [0, 0.1) is 5.82 Å². The van der Waals surface area contributed by atoms with Gasteiger partial charge in [-0.3, -0.25) is 19.3 Å². The molecule has 10 nitrogen and oxygen atoms in total. The molecule has 3 aromatic rings. The molecule has 2 aliphatic carbocycles. The molecule has 3 aliphatic rings. The zero-order chi connectivity index (χ0) is 32.7. The van der Waals surface area contributed by atoms with Crippen LogP contribution in [-0.2, 0) is 18.3 Å². The van der Waals surface area contributed by atoms with Gasteiger partial charge in [-0.1, -0.05) is 17.7 Å². The monoisotopic (exact) mass is 646 g/mol. The lowest BCUT2D eigenvalue weighted by Gasteiger charge is -2.38. The van der Waals surface area contributed by atoms with E-state index < -0.39 is 17.3 Å². The SMILES string of the molecule is COc1nc(-c2ccc(F)c(C3=C(C)C(NC(=O)c4ccnn(C)c4=O)=CCC3)c2Cl)cc2c1[C@@H](N1CCN(C(C)=O)CC1)CC2. The van der Waals surface area contributed by atoms with E-state index in [0.29, 0.717) is 59.9 Å². The van der Waals surface area contributed by atoms with Crippen LogP contribution in [0.15, 0.2) is 52.6 Å². The Morgan fingerprint density at radius 1 is 1.13 bits per heavy atom. The highest BCUT2D eigenvalue weighted by Crippen LogP contribution is 2.45.